The van der Waals surface area contributed by atoms with Crippen LogP contribution in [0, 0.1) is 0 Å². The first kappa shape index (κ1) is 12.8. The summed E-state index contributed by atoms with van der Waals surface area (Å²) in [4.78, 5) is 38.9. The van der Waals surface area contributed by atoms with Crippen LogP contribution in [0.15, 0.2) is 31.6 Å². The number of amides is 1. The van der Waals surface area contributed by atoms with Crippen LogP contribution in [0.1, 0.15) is 15.4 Å². The average molecular weight is 330 g/mol. The fourth-order valence-electron chi connectivity index (χ4n) is 1.30. The maximum Gasteiger partial charge on any atom is 0.326 e. The molecule has 0 aliphatic rings. The van der Waals surface area contributed by atoms with E-state index in [0.717, 1.165) is 15.4 Å². The number of aromatic amines is 2. The molecule has 1 amide bonds. The van der Waals surface area contributed by atoms with Crippen molar-refractivity contribution in [3.8, 4) is 0 Å². The normalized spacial score (nSPS) is 10.3. The molecule has 0 fully saturated rings. The van der Waals surface area contributed by atoms with Crippen molar-refractivity contribution < 1.29 is 4.79 Å². The minimum absolute atomic E-state index is 0.0561. The quantitative estimate of drug-likeness (QED) is 0.777. The van der Waals surface area contributed by atoms with Gasteiger partial charge in [-0.25, -0.2) is 4.79 Å². The molecule has 0 unspecified atom stereocenters. The van der Waals surface area contributed by atoms with Crippen LogP contribution < -0.4 is 16.6 Å². The minimum Gasteiger partial charge on any atom is -0.346 e. The first-order chi connectivity index (χ1) is 8.54. The first-order valence-corrected chi connectivity index (χ1v) is 6.56. The number of halogens is 1. The standard InChI is InChI=1S/C10H8BrN3O3S/c11-5-1-6(18-4-5)3-12-9(16)7-2-8(15)14-10(17)13-7/h1-2,4H,3H2,(H,12,16)(H2,13,14,15,17). The molecule has 0 saturated carbocycles. The molecule has 0 atom stereocenters. The highest BCUT2D eigenvalue weighted by molar-refractivity contribution is 9.10. The number of rotatable bonds is 3. The van der Waals surface area contributed by atoms with Gasteiger partial charge in [0.2, 0.25) is 0 Å². The number of carbonyl (C=O) groups is 1. The summed E-state index contributed by atoms with van der Waals surface area (Å²) < 4.78 is 0.946. The number of aromatic nitrogens is 2. The third kappa shape index (κ3) is 3.17. The van der Waals surface area contributed by atoms with Gasteiger partial charge in [-0.1, -0.05) is 0 Å². The van der Waals surface area contributed by atoms with Gasteiger partial charge in [0.15, 0.2) is 0 Å². The molecule has 2 aromatic heterocycles. The molecule has 0 aromatic carbocycles. The highest BCUT2D eigenvalue weighted by Crippen LogP contribution is 2.19. The Hall–Kier alpha value is -1.67. The molecule has 94 valence electrons. The van der Waals surface area contributed by atoms with E-state index in [0.29, 0.717) is 6.54 Å². The monoisotopic (exact) mass is 329 g/mol. The van der Waals surface area contributed by atoms with Crippen LogP contribution >= 0.6 is 27.3 Å². The van der Waals surface area contributed by atoms with Crippen molar-refractivity contribution in [2.75, 3.05) is 0 Å². The van der Waals surface area contributed by atoms with Gasteiger partial charge >= 0.3 is 5.69 Å². The molecule has 2 heterocycles. The Bertz CT molecular complexity index is 660. The molecule has 2 aromatic rings. The smallest absolute Gasteiger partial charge is 0.326 e. The van der Waals surface area contributed by atoms with Gasteiger partial charge in [0.1, 0.15) is 5.69 Å². The molecule has 0 aliphatic heterocycles. The van der Waals surface area contributed by atoms with Gasteiger partial charge in [0.05, 0.1) is 6.54 Å². The summed E-state index contributed by atoms with van der Waals surface area (Å²) in [6.45, 7) is 0.337. The summed E-state index contributed by atoms with van der Waals surface area (Å²) in [5, 5.41) is 4.51. The maximum atomic E-state index is 11.7. The van der Waals surface area contributed by atoms with Crippen LogP contribution in [0.4, 0.5) is 0 Å². The molecule has 8 heteroatoms. The zero-order valence-corrected chi connectivity index (χ0v) is 11.4. The molecule has 2 rings (SSSR count). The molecule has 18 heavy (non-hydrogen) atoms. The van der Waals surface area contributed by atoms with E-state index in [9.17, 15) is 14.4 Å². The molecule has 0 saturated heterocycles. The largest absolute Gasteiger partial charge is 0.346 e. The molecule has 0 spiro atoms. The fraction of sp³-hybridized carbons (Fsp3) is 0.100. The van der Waals surface area contributed by atoms with Gasteiger partial charge in [-0.05, 0) is 22.0 Å². The number of H-pyrrole nitrogens is 2. The highest BCUT2D eigenvalue weighted by Gasteiger charge is 2.08. The molecule has 0 bridgehead atoms. The Morgan fingerprint density at radius 1 is 1.33 bits per heavy atom. The summed E-state index contributed by atoms with van der Waals surface area (Å²) in [5.74, 6) is -0.497. The highest BCUT2D eigenvalue weighted by atomic mass is 79.9. The van der Waals surface area contributed by atoms with Crippen molar-refractivity contribution in [2.45, 2.75) is 6.54 Å². The van der Waals surface area contributed by atoms with Crippen LogP contribution in [0.3, 0.4) is 0 Å². The van der Waals surface area contributed by atoms with Crippen molar-refractivity contribution in [1.82, 2.24) is 15.3 Å². The lowest BCUT2D eigenvalue weighted by molar-refractivity contribution is 0.0945. The van der Waals surface area contributed by atoms with E-state index in [2.05, 4.69) is 26.2 Å². The predicted molar refractivity (Wildman–Crippen MR) is 70.9 cm³/mol. The van der Waals surface area contributed by atoms with Gasteiger partial charge in [-0.3, -0.25) is 14.6 Å². The van der Waals surface area contributed by atoms with E-state index < -0.39 is 17.2 Å². The van der Waals surface area contributed by atoms with Gasteiger partial charge < -0.3 is 10.3 Å². The first-order valence-electron chi connectivity index (χ1n) is 4.89. The third-order valence-electron chi connectivity index (χ3n) is 2.05. The van der Waals surface area contributed by atoms with E-state index in [1.54, 1.807) is 0 Å². The Balaban J connectivity index is 2.08. The van der Waals surface area contributed by atoms with Gasteiger partial charge in [-0.2, -0.15) is 0 Å². The molecular formula is C10H8BrN3O3S. The summed E-state index contributed by atoms with van der Waals surface area (Å²) in [6.07, 6.45) is 0. The Kier molecular flexibility index (Phi) is 3.78. The Labute approximate surface area is 113 Å². The van der Waals surface area contributed by atoms with E-state index in [1.807, 2.05) is 16.4 Å². The van der Waals surface area contributed by atoms with Gasteiger partial charge in [-0.15, -0.1) is 11.3 Å². The lowest BCUT2D eigenvalue weighted by atomic mass is 10.3. The van der Waals surface area contributed by atoms with Crippen LogP contribution in [-0.2, 0) is 6.54 Å². The second-order valence-corrected chi connectivity index (χ2v) is 5.33. The molecular weight excluding hydrogens is 322 g/mol. The van der Waals surface area contributed by atoms with Crippen LogP contribution in [-0.4, -0.2) is 15.9 Å². The van der Waals surface area contributed by atoms with Gasteiger partial charge in [0.25, 0.3) is 11.5 Å². The van der Waals surface area contributed by atoms with Crippen LogP contribution in [0.25, 0.3) is 0 Å². The second-order valence-electron chi connectivity index (χ2n) is 3.42. The lowest BCUT2D eigenvalue weighted by Gasteiger charge is -2.02. The lowest BCUT2D eigenvalue weighted by Crippen LogP contribution is -2.30. The Morgan fingerprint density at radius 3 is 2.72 bits per heavy atom. The molecule has 0 radical (unpaired) electrons. The number of carbonyl (C=O) groups excluding carboxylic acids is 1. The van der Waals surface area contributed by atoms with Crippen molar-refractivity contribution in [2.24, 2.45) is 0 Å². The third-order valence-corrected chi connectivity index (χ3v) is 3.75. The van der Waals surface area contributed by atoms with Gasteiger partial charge in [0, 0.05) is 20.8 Å². The zero-order valence-electron chi connectivity index (χ0n) is 8.95. The summed E-state index contributed by atoms with van der Waals surface area (Å²) in [7, 11) is 0. The Morgan fingerprint density at radius 2 is 2.11 bits per heavy atom. The van der Waals surface area contributed by atoms with Crippen LogP contribution in [0.5, 0.6) is 0 Å². The van der Waals surface area contributed by atoms with Crippen molar-refractivity contribution >= 4 is 33.2 Å². The average Bonchev–Trinajstić information content (AvgIpc) is 2.70. The van der Waals surface area contributed by atoms with Crippen molar-refractivity contribution in [3.63, 3.8) is 0 Å². The summed E-state index contributed by atoms with van der Waals surface area (Å²) in [5.41, 5.74) is -1.37. The molecule has 3 N–H and O–H groups in total. The van der Waals surface area contributed by atoms with Crippen molar-refractivity contribution in [1.29, 1.82) is 0 Å². The topological polar surface area (TPSA) is 94.8 Å². The SMILES string of the molecule is O=C(NCc1cc(Br)cs1)c1cc(=O)[nH]c(=O)[nH]1. The number of nitrogens with one attached hydrogen (secondary N) is 3. The minimum atomic E-state index is -0.702. The van der Waals surface area contributed by atoms with E-state index >= 15 is 0 Å². The molecule has 0 aliphatic carbocycles. The van der Waals surface area contributed by atoms with E-state index in [4.69, 9.17) is 0 Å². The predicted octanol–water partition coefficient (Wildman–Crippen LogP) is 0.817. The number of hydrogen-bond acceptors (Lipinski definition) is 4. The molecule has 6 nitrogen and oxygen atoms in total. The van der Waals surface area contributed by atoms with E-state index in [1.165, 1.54) is 11.3 Å². The summed E-state index contributed by atoms with van der Waals surface area (Å²) in [6, 6.07) is 2.92. The van der Waals surface area contributed by atoms with Crippen LogP contribution in [0.2, 0.25) is 0 Å². The number of thiophene rings is 1. The van der Waals surface area contributed by atoms with Crippen molar-refractivity contribution in [3.05, 3.63) is 53.4 Å². The fourth-order valence-corrected chi connectivity index (χ4v) is 2.69. The summed E-state index contributed by atoms with van der Waals surface area (Å²) >= 11 is 4.80. The maximum absolute atomic E-state index is 11.7. The number of hydrogen-bond donors (Lipinski definition) is 3. The second kappa shape index (κ2) is 5.32. The van der Waals surface area contributed by atoms with E-state index in [-0.39, 0.29) is 5.69 Å². The zero-order chi connectivity index (χ0) is 13.1.